The number of rotatable bonds is 7. The number of allylic oxidation sites excluding steroid dienone is 2. The van der Waals surface area contributed by atoms with Gasteiger partial charge in [-0.25, -0.2) is 4.39 Å². The Labute approximate surface area is 134 Å². The maximum absolute atomic E-state index is 13.9. The minimum atomic E-state index is -0.104. The summed E-state index contributed by atoms with van der Waals surface area (Å²) in [6.45, 7) is 8.09. The fraction of sp³-hybridized carbons (Fsp3) is 0.500. The lowest BCUT2D eigenvalue weighted by molar-refractivity contribution is 0.443. The number of hydrogen-bond acceptors (Lipinski definition) is 1. The van der Waals surface area contributed by atoms with E-state index in [-0.39, 0.29) is 17.9 Å². The lowest BCUT2D eigenvalue weighted by atomic mass is 9.97. The summed E-state index contributed by atoms with van der Waals surface area (Å²) in [6, 6.07) is 6.13. The van der Waals surface area contributed by atoms with Crippen LogP contribution in [0.15, 0.2) is 42.0 Å². The molecule has 0 aromatic heterocycles. The second-order valence-electron chi connectivity index (χ2n) is 6.42. The lowest BCUT2D eigenvalue weighted by Gasteiger charge is -2.25. The van der Waals surface area contributed by atoms with Crippen molar-refractivity contribution in [3.05, 3.63) is 58.9 Å². The third-order valence-corrected chi connectivity index (χ3v) is 4.51. The fourth-order valence-electron chi connectivity index (χ4n) is 2.89. The van der Waals surface area contributed by atoms with E-state index in [0.29, 0.717) is 5.56 Å². The van der Waals surface area contributed by atoms with Crippen LogP contribution in [-0.2, 0) is 0 Å². The van der Waals surface area contributed by atoms with Crippen molar-refractivity contribution in [2.45, 2.75) is 59.0 Å². The van der Waals surface area contributed by atoms with Crippen molar-refractivity contribution >= 4 is 0 Å². The third kappa shape index (κ3) is 4.54. The molecule has 0 saturated heterocycles. The number of hydrogen-bond donors (Lipinski definition) is 1. The van der Waals surface area contributed by atoms with Gasteiger partial charge in [-0.3, -0.25) is 0 Å². The summed E-state index contributed by atoms with van der Waals surface area (Å²) < 4.78 is 13.9. The van der Waals surface area contributed by atoms with Gasteiger partial charge in [0.25, 0.3) is 0 Å². The predicted octanol–water partition coefficient (Wildman–Crippen LogP) is 5.48. The van der Waals surface area contributed by atoms with Crippen molar-refractivity contribution in [3.8, 4) is 0 Å². The smallest absolute Gasteiger partial charge is 0.126 e. The zero-order valence-corrected chi connectivity index (χ0v) is 14.2. The van der Waals surface area contributed by atoms with E-state index in [1.54, 1.807) is 6.07 Å². The predicted molar refractivity (Wildman–Crippen MR) is 92.4 cm³/mol. The Morgan fingerprint density at radius 1 is 1.36 bits per heavy atom. The first kappa shape index (κ1) is 17.0. The van der Waals surface area contributed by atoms with E-state index in [1.807, 2.05) is 19.9 Å². The molecule has 0 radical (unpaired) electrons. The molecule has 0 spiro atoms. The summed E-state index contributed by atoms with van der Waals surface area (Å²) in [6.07, 6.45) is 10.1. The first-order chi connectivity index (χ1) is 10.5. The standard InChI is InChI=1S/C20H28FN/c1-5-7-17(6-2)15(4)22-20(12-16-9-10-16)18-11-8-14(3)19(21)13-18/h5-8,11,13,15-16,20,22H,9-10,12H2,1-4H3/b7-5-,17-6+/t15-,20-/m0/s1. The molecule has 120 valence electrons. The number of benzene rings is 1. The first-order valence-corrected chi connectivity index (χ1v) is 8.36. The largest absolute Gasteiger partial charge is 0.303 e. The van der Waals surface area contributed by atoms with Crippen molar-refractivity contribution in [1.82, 2.24) is 5.32 Å². The Bertz CT molecular complexity index is 555. The van der Waals surface area contributed by atoms with E-state index in [9.17, 15) is 4.39 Å². The fourth-order valence-corrected chi connectivity index (χ4v) is 2.89. The van der Waals surface area contributed by atoms with Crippen molar-refractivity contribution in [2.24, 2.45) is 5.92 Å². The number of halogens is 1. The Hall–Kier alpha value is -1.41. The van der Waals surface area contributed by atoms with Crippen LogP contribution in [0.2, 0.25) is 0 Å². The molecule has 0 heterocycles. The van der Waals surface area contributed by atoms with Crippen LogP contribution in [0.1, 0.15) is 57.2 Å². The van der Waals surface area contributed by atoms with Gasteiger partial charge in [-0.1, -0.05) is 43.2 Å². The molecule has 2 atom stereocenters. The molecule has 1 saturated carbocycles. The molecule has 1 N–H and O–H groups in total. The summed E-state index contributed by atoms with van der Waals surface area (Å²) in [4.78, 5) is 0. The molecule has 0 aliphatic heterocycles. The summed E-state index contributed by atoms with van der Waals surface area (Å²) in [5.41, 5.74) is 3.05. The van der Waals surface area contributed by atoms with Crippen molar-refractivity contribution in [1.29, 1.82) is 0 Å². The molecular weight excluding hydrogens is 273 g/mol. The zero-order chi connectivity index (χ0) is 16.1. The summed E-state index contributed by atoms with van der Waals surface area (Å²) in [5.74, 6) is 0.692. The molecule has 1 aliphatic carbocycles. The Kier molecular flexibility index (Phi) is 5.96. The zero-order valence-electron chi connectivity index (χ0n) is 14.2. The molecule has 0 unspecified atom stereocenters. The molecule has 2 rings (SSSR count). The van der Waals surface area contributed by atoms with Gasteiger partial charge >= 0.3 is 0 Å². The van der Waals surface area contributed by atoms with E-state index >= 15 is 0 Å². The quantitative estimate of drug-likeness (QED) is 0.658. The Morgan fingerprint density at radius 2 is 2.09 bits per heavy atom. The average Bonchev–Trinajstić information content (AvgIpc) is 3.30. The summed E-state index contributed by atoms with van der Waals surface area (Å²) in [5, 5.41) is 3.70. The maximum atomic E-state index is 13.9. The third-order valence-electron chi connectivity index (χ3n) is 4.51. The van der Waals surface area contributed by atoms with Gasteiger partial charge in [0.15, 0.2) is 0 Å². The lowest BCUT2D eigenvalue weighted by Crippen LogP contribution is -2.32. The highest BCUT2D eigenvalue weighted by Crippen LogP contribution is 2.38. The minimum Gasteiger partial charge on any atom is -0.303 e. The van der Waals surface area contributed by atoms with Crippen LogP contribution in [0, 0.1) is 18.7 Å². The van der Waals surface area contributed by atoms with Gasteiger partial charge in [-0.15, -0.1) is 0 Å². The van der Waals surface area contributed by atoms with Crippen LogP contribution in [0.4, 0.5) is 4.39 Å². The van der Waals surface area contributed by atoms with Crippen LogP contribution in [0.3, 0.4) is 0 Å². The van der Waals surface area contributed by atoms with E-state index in [4.69, 9.17) is 0 Å². The highest BCUT2D eigenvalue weighted by molar-refractivity contribution is 5.28. The van der Waals surface area contributed by atoms with Gasteiger partial charge in [0.05, 0.1) is 0 Å². The molecule has 1 aromatic rings. The summed E-state index contributed by atoms with van der Waals surface area (Å²) in [7, 11) is 0. The van der Waals surface area contributed by atoms with Gasteiger partial charge in [0, 0.05) is 12.1 Å². The first-order valence-electron chi connectivity index (χ1n) is 8.36. The van der Waals surface area contributed by atoms with Crippen LogP contribution in [0.5, 0.6) is 0 Å². The molecule has 1 aliphatic rings. The van der Waals surface area contributed by atoms with Gasteiger partial charge in [-0.2, -0.15) is 0 Å². The van der Waals surface area contributed by atoms with Gasteiger partial charge in [0.1, 0.15) is 5.82 Å². The second kappa shape index (κ2) is 7.73. The van der Waals surface area contributed by atoms with Gasteiger partial charge < -0.3 is 5.32 Å². The highest BCUT2D eigenvalue weighted by Gasteiger charge is 2.27. The van der Waals surface area contributed by atoms with Gasteiger partial charge in [0.2, 0.25) is 0 Å². The van der Waals surface area contributed by atoms with E-state index in [0.717, 1.165) is 17.9 Å². The molecule has 1 aromatic carbocycles. The molecular formula is C20H28FN. The van der Waals surface area contributed by atoms with Crippen molar-refractivity contribution in [2.75, 3.05) is 0 Å². The SMILES string of the molecule is C/C=C\C(=C/C)[C@H](C)N[C@@H](CC1CC1)c1ccc(C)c(F)c1. The van der Waals surface area contributed by atoms with Crippen molar-refractivity contribution in [3.63, 3.8) is 0 Å². The number of aryl methyl sites for hydroxylation is 1. The Morgan fingerprint density at radius 3 is 2.64 bits per heavy atom. The summed E-state index contributed by atoms with van der Waals surface area (Å²) >= 11 is 0. The maximum Gasteiger partial charge on any atom is 0.126 e. The second-order valence-corrected chi connectivity index (χ2v) is 6.42. The van der Waals surface area contributed by atoms with Crippen molar-refractivity contribution < 1.29 is 4.39 Å². The molecule has 1 nitrogen and oxygen atoms in total. The normalized spacial score (nSPS) is 18.7. The molecule has 2 heteroatoms. The topological polar surface area (TPSA) is 12.0 Å². The molecule has 1 fully saturated rings. The van der Waals surface area contributed by atoms with E-state index in [2.05, 4.69) is 43.5 Å². The minimum absolute atomic E-state index is 0.104. The van der Waals surface area contributed by atoms with E-state index in [1.165, 1.54) is 18.4 Å². The van der Waals surface area contributed by atoms with Crippen LogP contribution < -0.4 is 5.32 Å². The average molecular weight is 301 g/mol. The Balaban J connectivity index is 2.16. The van der Waals surface area contributed by atoms with Crippen LogP contribution >= 0.6 is 0 Å². The number of nitrogens with one attached hydrogen (secondary N) is 1. The monoisotopic (exact) mass is 301 g/mol. The van der Waals surface area contributed by atoms with Crippen LogP contribution in [-0.4, -0.2) is 6.04 Å². The van der Waals surface area contributed by atoms with Gasteiger partial charge in [-0.05, 0) is 62.8 Å². The van der Waals surface area contributed by atoms with Crippen LogP contribution in [0.25, 0.3) is 0 Å². The molecule has 0 amide bonds. The molecule has 0 bridgehead atoms. The highest BCUT2D eigenvalue weighted by atomic mass is 19.1. The molecule has 22 heavy (non-hydrogen) atoms. The van der Waals surface area contributed by atoms with E-state index < -0.39 is 0 Å².